The first-order chi connectivity index (χ1) is 11.3. The van der Waals surface area contributed by atoms with Gasteiger partial charge >= 0.3 is 0 Å². The number of hydrogen-bond donors (Lipinski definition) is 1. The van der Waals surface area contributed by atoms with Gasteiger partial charge in [0, 0.05) is 9.79 Å². The van der Waals surface area contributed by atoms with E-state index < -0.39 is 0 Å². The molecule has 0 saturated heterocycles. The zero-order chi connectivity index (χ0) is 15.6. The van der Waals surface area contributed by atoms with Crippen molar-refractivity contribution in [2.45, 2.75) is 16.4 Å². The first-order valence-corrected chi connectivity index (χ1v) is 8.53. The average Bonchev–Trinajstić information content (AvgIpc) is 2.59. The number of ether oxygens (including phenoxy) is 1. The lowest BCUT2D eigenvalue weighted by atomic mass is 10.2. The molecule has 1 N–H and O–H groups in total. The van der Waals surface area contributed by atoms with E-state index in [1.807, 2.05) is 54.6 Å². The minimum Gasteiger partial charge on any atom is -0.487 e. The molecule has 0 aliphatic carbocycles. The first kappa shape index (κ1) is 14.5. The molecule has 0 spiro atoms. The standard InChI is InChI=1S/C19H14ClNOS/c20-14-10-16-19(23-18-9-5-4-8-15(18)21-16)11-17(14)22-12-13-6-2-1-3-7-13/h1-11,21H,12H2. The monoisotopic (exact) mass is 339 g/mol. The van der Waals surface area contributed by atoms with Crippen molar-refractivity contribution in [1.29, 1.82) is 0 Å². The van der Waals surface area contributed by atoms with Gasteiger partial charge in [0.05, 0.1) is 16.4 Å². The molecular formula is C19H14ClNOS. The molecule has 0 saturated carbocycles. The van der Waals surface area contributed by atoms with Crippen molar-refractivity contribution in [3.8, 4) is 5.75 Å². The van der Waals surface area contributed by atoms with Crippen molar-refractivity contribution >= 4 is 34.7 Å². The molecule has 0 amide bonds. The summed E-state index contributed by atoms with van der Waals surface area (Å²) >= 11 is 8.11. The van der Waals surface area contributed by atoms with Crippen LogP contribution in [0.4, 0.5) is 11.4 Å². The van der Waals surface area contributed by atoms with E-state index in [1.54, 1.807) is 11.8 Å². The minimum absolute atomic E-state index is 0.508. The highest BCUT2D eigenvalue weighted by molar-refractivity contribution is 7.99. The number of para-hydroxylation sites is 1. The molecule has 0 radical (unpaired) electrons. The van der Waals surface area contributed by atoms with Crippen LogP contribution in [-0.4, -0.2) is 0 Å². The maximum absolute atomic E-state index is 6.38. The van der Waals surface area contributed by atoms with Gasteiger partial charge in [-0.2, -0.15) is 0 Å². The second-order valence-electron chi connectivity index (χ2n) is 5.28. The van der Waals surface area contributed by atoms with E-state index in [0.717, 1.165) is 21.8 Å². The van der Waals surface area contributed by atoms with Gasteiger partial charge in [0.2, 0.25) is 0 Å². The van der Waals surface area contributed by atoms with Crippen molar-refractivity contribution in [1.82, 2.24) is 0 Å². The van der Waals surface area contributed by atoms with Crippen LogP contribution < -0.4 is 10.1 Å². The zero-order valence-electron chi connectivity index (χ0n) is 12.3. The van der Waals surface area contributed by atoms with E-state index in [-0.39, 0.29) is 0 Å². The van der Waals surface area contributed by atoms with Crippen molar-refractivity contribution in [2.75, 3.05) is 5.32 Å². The van der Waals surface area contributed by atoms with Gasteiger partial charge in [0.25, 0.3) is 0 Å². The molecule has 4 heteroatoms. The maximum atomic E-state index is 6.38. The maximum Gasteiger partial charge on any atom is 0.139 e. The molecular weight excluding hydrogens is 326 g/mol. The molecule has 1 aliphatic heterocycles. The summed E-state index contributed by atoms with van der Waals surface area (Å²) in [5.74, 6) is 0.711. The fourth-order valence-electron chi connectivity index (χ4n) is 2.49. The number of anilines is 2. The molecule has 0 atom stereocenters. The molecule has 0 aromatic heterocycles. The Bertz CT molecular complexity index is 851. The lowest BCUT2D eigenvalue weighted by molar-refractivity contribution is 0.306. The van der Waals surface area contributed by atoms with Crippen molar-refractivity contribution < 1.29 is 4.74 Å². The van der Waals surface area contributed by atoms with Gasteiger partial charge < -0.3 is 10.1 Å². The Kier molecular flexibility index (Phi) is 3.90. The Balaban J connectivity index is 1.59. The highest BCUT2D eigenvalue weighted by atomic mass is 35.5. The van der Waals surface area contributed by atoms with Crippen LogP contribution in [0.3, 0.4) is 0 Å². The zero-order valence-corrected chi connectivity index (χ0v) is 13.8. The van der Waals surface area contributed by atoms with E-state index in [9.17, 15) is 0 Å². The molecule has 4 rings (SSSR count). The average molecular weight is 340 g/mol. The van der Waals surface area contributed by atoms with Crippen LogP contribution in [0.25, 0.3) is 0 Å². The summed E-state index contributed by atoms with van der Waals surface area (Å²) in [7, 11) is 0. The smallest absolute Gasteiger partial charge is 0.139 e. The summed E-state index contributed by atoms with van der Waals surface area (Å²) in [6.45, 7) is 0.508. The SMILES string of the molecule is Clc1cc2c(cc1OCc1ccccc1)Sc1ccccc1N2. The third kappa shape index (κ3) is 3.03. The van der Waals surface area contributed by atoms with Crippen LogP contribution in [-0.2, 0) is 6.61 Å². The van der Waals surface area contributed by atoms with Crippen LogP contribution in [0.5, 0.6) is 5.75 Å². The summed E-state index contributed by atoms with van der Waals surface area (Å²) in [6, 6.07) is 22.3. The predicted octanol–water partition coefficient (Wildman–Crippen LogP) is 6.13. The number of nitrogens with one attached hydrogen (secondary N) is 1. The molecule has 0 bridgehead atoms. The Morgan fingerprint density at radius 3 is 2.52 bits per heavy atom. The molecule has 3 aromatic carbocycles. The lowest BCUT2D eigenvalue weighted by Gasteiger charge is -2.22. The van der Waals surface area contributed by atoms with Crippen LogP contribution in [0, 0.1) is 0 Å². The van der Waals surface area contributed by atoms with Gasteiger partial charge in [0.1, 0.15) is 12.4 Å². The first-order valence-electron chi connectivity index (χ1n) is 7.34. The van der Waals surface area contributed by atoms with E-state index >= 15 is 0 Å². The Morgan fingerprint density at radius 1 is 0.870 bits per heavy atom. The Labute approximate surface area is 144 Å². The van der Waals surface area contributed by atoms with Crippen LogP contribution in [0.1, 0.15) is 5.56 Å². The highest BCUT2D eigenvalue weighted by Gasteiger charge is 2.18. The van der Waals surface area contributed by atoms with Crippen molar-refractivity contribution in [2.24, 2.45) is 0 Å². The Hall–Kier alpha value is -2.10. The summed E-state index contributed by atoms with van der Waals surface area (Å²) in [4.78, 5) is 2.33. The summed E-state index contributed by atoms with van der Waals surface area (Å²) in [5.41, 5.74) is 3.25. The third-order valence-electron chi connectivity index (χ3n) is 3.65. The van der Waals surface area contributed by atoms with E-state index in [1.165, 1.54) is 4.90 Å². The fourth-order valence-corrected chi connectivity index (χ4v) is 3.70. The predicted molar refractivity (Wildman–Crippen MR) is 96.1 cm³/mol. The number of benzene rings is 3. The Morgan fingerprint density at radius 2 is 1.65 bits per heavy atom. The molecule has 3 aromatic rings. The van der Waals surface area contributed by atoms with Crippen molar-refractivity contribution in [3.05, 3.63) is 77.3 Å². The second-order valence-corrected chi connectivity index (χ2v) is 6.77. The number of hydrogen-bond acceptors (Lipinski definition) is 3. The van der Waals surface area contributed by atoms with Gasteiger partial charge in [-0.1, -0.05) is 65.8 Å². The summed E-state index contributed by atoms with van der Waals surface area (Å²) in [5, 5.41) is 4.04. The largest absolute Gasteiger partial charge is 0.487 e. The quantitative estimate of drug-likeness (QED) is 0.485. The molecule has 1 aliphatic rings. The molecule has 0 unspecified atom stereocenters. The number of rotatable bonds is 3. The van der Waals surface area contributed by atoms with Crippen LogP contribution in [0.2, 0.25) is 5.02 Å². The molecule has 23 heavy (non-hydrogen) atoms. The highest BCUT2D eigenvalue weighted by Crippen LogP contribution is 2.47. The number of fused-ring (bicyclic) bond motifs is 2. The van der Waals surface area contributed by atoms with Gasteiger partial charge in [-0.15, -0.1) is 0 Å². The fraction of sp³-hybridized carbons (Fsp3) is 0.0526. The van der Waals surface area contributed by atoms with E-state index in [2.05, 4.69) is 17.4 Å². The van der Waals surface area contributed by atoms with Crippen molar-refractivity contribution in [3.63, 3.8) is 0 Å². The van der Waals surface area contributed by atoms with Crippen LogP contribution >= 0.6 is 23.4 Å². The number of halogens is 1. The second kappa shape index (κ2) is 6.19. The van der Waals surface area contributed by atoms with Gasteiger partial charge in [-0.3, -0.25) is 0 Å². The molecule has 2 nitrogen and oxygen atoms in total. The summed E-state index contributed by atoms with van der Waals surface area (Å²) in [6.07, 6.45) is 0. The molecule has 114 valence electrons. The van der Waals surface area contributed by atoms with Crippen LogP contribution in [0.15, 0.2) is 76.5 Å². The van der Waals surface area contributed by atoms with E-state index in [0.29, 0.717) is 17.4 Å². The molecule has 0 fully saturated rings. The third-order valence-corrected chi connectivity index (χ3v) is 5.08. The normalized spacial score (nSPS) is 12.0. The van der Waals surface area contributed by atoms with Gasteiger partial charge in [-0.05, 0) is 29.8 Å². The lowest BCUT2D eigenvalue weighted by Crippen LogP contribution is -2.01. The summed E-state index contributed by atoms with van der Waals surface area (Å²) < 4.78 is 5.90. The topological polar surface area (TPSA) is 21.3 Å². The molecule has 1 heterocycles. The van der Waals surface area contributed by atoms with Gasteiger partial charge in [0.15, 0.2) is 0 Å². The van der Waals surface area contributed by atoms with E-state index in [4.69, 9.17) is 16.3 Å². The minimum atomic E-state index is 0.508. The van der Waals surface area contributed by atoms with Gasteiger partial charge in [-0.25, -0.2) is 0 Å².